The third-order valence-electron chi connectivity index (χ3n) is 7.15. The van der Waals surface area contributed by atoms with E-state index < -0.39 is 5.60 Å². The van der Waals surface area contributed by atoms with Crippen molar-refractivity contribution >= 4 is 0 Å². The molecule has 0 unspecified atom stereocenters. The fraction of sp³-hybridized carbons (Fsp3) is 1.00. The van der Waals surface area contributed by atoms with Crippen molar-refractivity contribution in [3.63, 3.8) is 0 Å². The molecule has 1 heterocycles. The lowest BCUT2D eigenvalue weighted by atomic mass is 9.48. The SMILES string of the molecule is CC1(C)CCC[C@@]2(C)[C@@H]3O[C@@H]3[C@@](O)(CO)[C@@H]3C[C@]312. The summed E-state index contributed by atoms with van der Waals surface area (Å²) in [5.74, 6) is 0.235. The lowest BCUT2D eigenvalue weighted by Gasteiger charge is -2.56. The van der Waals surface area contributed by atoms with Crippen LogP contribution in [-0.2, 0) is 4.74 Å². The minimum atomic E-state index is -0.973. The van der Waals surface area contributed by atoms with Crippen LogP contribution in [-0.4, -0.2) is 34.6 Å². The zero-order valence-electron chi connectivity index (χ0n) is 11.6. The third-order valence-corrected chi connectivity index (χ3v) is 7.15. The maximum atomic E-state index is 10.8. The zero-order chi connectivity index (χ0) is 13.0. The predicted octanol–water partition coefficient (Wildman–Crippen LogP) is 1.71. The molecular formula is C15H24O3. The van der Waals surface area contributed by atoms with Crippen LogP contribution < -0.4 is 0 Å². The maximum absolute atomic E-state index is 10.8. The molecule has 0 aromatic heterocycles. The molecule has 3 saturated carbocycles. The molecule has 0 aromatic carbocycles. The van der Waals surface area contributed by atoms with E-state index in [9.17, 15) is 10.2 Å². The Morgan fingerprint density at radius 2 is 1.89 bits per heavy atom. The van der Waals surface area contributed by atoms with E-state index in [1.165, 1.54) is 19.3 Å². The van der Waals surface area contributed by atoms with Gasteiger partial charge in [-0.3, -0.25) is 0 Å². The normalized spacial score (nSPS) is 63.5. The van der Waals surface area contributed by atoms with Gasteiger partial charge in [0.05, 0.1) is 12.7 Å². The van der Waals surface area contributed by atoms with Gasteiger partial charge >= 0.3 is 0 Å². The second kappa shape index (κ2) is 2.82. The van der Waals surface area contributed by atoms with E-state index in [1.54, 1.807) is 0 Å². The molecular weight excluding hydrogens is 228 g/mol. The molecule has 3 aliphatic carbocycles. The van der Waals surface area contributed by atoms with Crippen LogP contribution in [0.2, 0.25) is 0 Å². The lowest BCUT2D eigenvalue weighted by Crippen LogP contribution is -2.59. The number of ether oxygens (including phenoxy) is 1. The molecule has 102 valence electrons. The van der Waals surface area contributed by atoms with Crippen molar-refractivity contribution in [1.82, 2.24) is 0 Å². The lowest BCUT2D eigenvalue weighted by molar-refractivity contribution is -0.125. The smallest absolute Gasteiger partial charge is 0.120 e. The van der Waals surface area contributed by atoms with Crippen LogP contribution in [0.1, 0.15) is 46.5 Å². The van der Waals surface area contributed by atoms with Crippen LogP contribution in [0.4, 0.5) is 0 Å². The zero-order valence-corrected chi connectivity index (χ0v) is 11.6. The molecule has 4 fully saturated rings. The average Bonchev–Trinajstić information content (AvgIpc) is 3.14. The Hall–Kier alpha value is -0.120. The molecule has 3 heteroatoms. The summed E-state index contributed by atoms with van der Waals surface area (Å²) >= 11 is 0. The summed E-state index contributed by atoms with van der Waals surface area (Å²) in [6, 6.07) is 0. The number of aliphatic hydroxyl groups is 2. The van der Waals surface area contributed by atoms with Crippen molar-refractivity contribution in [3.05, 3.63) is 0 Å². The second-order valence-electron chi connectivity index (χ2n) is 8.01. The molecule has 1 spiro atoms. The van der Waals surface area contributed by atoms with Gasteiger partial charge in [-0.05, 0) is 36.0 Å². The predicted molar refractivity (Wildman–Crippen MR) is 67.0 cm³/mol. The van der Waals surface area contributed by atoms with Gasteiger partial charge in [-0.15, -0.1) is 0 Å². The van der Waals surface area contributed by atoms with Crippen molar-refractivity contribution in [1.29, 1.82) is 0 Å². The van der Waals surface area contributed by atoms with Gasteiger partial charge in [-0.1, -0.05) is 27.2 Å². The highest BCUT2D eigenvalue weighted by molar-refractivity contribution is 5.34. The van der Waals surface area contributed by atoms with E-state index in [1.807, 2.05) is 0 Å². The standard InChI is InChI=1S/C15H24O3/c1-12(2)5-4-6-13(3)10-11(18-10)14(17,8-16)9-7-15(9,12)13/h9-11,16-17H,4-8H2,1-3H3/t9-,10+,11-,13-,14+,15-/m0/s1. The maximum Gasteiger partial charge on any atom is 0.120 e. The summed E-state index contributed by atoms with van der Waals surface area (Å²) in [5, 5.41) is 20.5. The molecule has 0 bridgehead atoms. The second-order valence-corrected chi connectivity index (χ2v) is 8.01. The number of hydrogen-bond donors (Lipinski definition) is 2. The van der Waals surface area contributed by atoms with E-state index in [4.69, 9.17) is 4.74 Å². The Labute approximate surface area is 109 Å². The topological polar surface area (TPSA) is 53.0 Å². The van der Waals surface area contributed by atoms with Crippen LogP contribution in [0.15, 0.2) is 0 Å². The van der Waals surface area contributed by atoms with Gasteiger partial charge in [-0.25, -0.2) is 0 Å². The minimum Gasteiger partial charge on any atom is -0.393 e. The Morgan fingerprint density at radius 1 is 1.17 bits per heavy atom. The van der Waals surface area contributed by atoms with Crippen LogP contribution in [0, 0.1) is 22.2 Å². The fourth-order valence-corrected chi connectivity index (χ4v) is 6.13. The molecule has 1 aliphatic heterocycles. The average molecular weight is 252 g/mol. The van der Waals surface area contributed by atoms with Crippen LogP contribution in [0.3, 0.4) is 0 Å². The van der Waals surface area contributed by atoms with E-state index in [0.29, 0.717) is 0 Å². The van der Waals surface area contributed by atoms with Crippen molar-refractivity contribution in [3.8, 4) is 0 Å². The highest BCUT2D eigenvalue weighted by Gasteiger charge is 2.87. The molecule has 4 aliphatic rings. The van der Waals surface area contributed by atoms with Crippen LogP contribution in [0.25, 0.3) is 0 Å². The number of epoxide rings is 1. The molecule has 3 nitrogen and oxygen atoms in total. The third kappa shape index (κ3) is 0.918. The van der Waals surface area contributed by atoms with E-state index >= 15 is 0 Å². The molecule has 18 heavy (non-hydrogen) atoms. The Kier molecular flexibility index (Phi) is 1.83. The van der Waals surface area contributed by atoms with Crippen LogP contribution in [0.5, 0.6) is 0 Å². The first-order valence-electron chi connectivity index (χ1n) is 7.32. The molecule has 0 amide bonds. The molecule has 2 N–H and O–H groups in total. The number of aliphatic hydroxyl groups excluding tert-OH is 1. The van der Waals surface area contributed by atoms with Gasteiger partial charge < -0.3 is 14.9 Å². The van der Waals surface area contributed by atoms with Crippen molar-refractivity contribution in [2.24, 2.45) is 22.2 Å². The number of hydrogen-bond acceptors (Lipinski definition) is 3. The summed E-state index contributed by atoms with van der Waals surface area (Å²) in [6.45, 7) is 6.93. The first-order valence-corrected chi connectivity index (χ1v) is 7.32. The van der Waals surface area contributed by atoms with E-state index in [-0.39, 0.29) is 41.0 Å². The molecule has 4 rings (SSSR count). The van der Waals surface area contributed by atoms with Gasteiger partial charge in [0.25, 0.3) is 0 Å². The summed E-state index contributed by atoms with van der Waals surface area (Å²) in [7, 11) is 0. The first-order chi connectivity index (χ1) is 8.33. The van der Waals surface area contributed by atoms with Gasteiger partial charge in [0.15, 0.2) is 0 Å². The summed E-state index contributed by atoms with van der Waals surface area (Å²) in [4.78, 5) is 0. The summed E-state index contributed by atoms with van der Waals surface area (Å²) < 4.78 is 5.84. The highest BCUT2D eigenvalue weighted by Crippen LogP contribution is 2.84. The highest BCUT2D eigenvalue weighted by atomic mass is 16.6. The first kappa shape index (κ1) is 11.7. The quantitative estimate of drug-likeness (QED) is 0.699. The Balaban J connectivity index is 1.84. The molecule has 1 saturated heterocycles. The molecule has 6 atom stereocenters. The Bertz CT molecular complexity index is 420. The van der Waals surface area contributed by atoms with Gasteiger partial charge in [-0.2, -0.15) is 0 Å². The van der Waals surface area contributed by atoms with Crippen LogP contribution >= 0.6 is 0 Å². The van der Waals surface area contributed by atoms with Gasteiger partial charge in [0.1, 0.15) is 11.7 Å². The fourth-order valence-electron chi connectivity index (χ4n) is 6.13. The van der Waals surface area contributed by atoms with Gasteiger partial charge in [0.2, 0.25) is 0 Å². The van der Waals surface area contributed by atoms with E-state index in [0.717, 1.165) is 6.42 Å². The number of fused-ring (bicyclic) bond motifs is 2. The molecule has 0 aromatic rings. The van der Waals surface area contributed by atoms with Gasteiger partial charge in [0, 0.05) is 5.41 Å². The minimum absolute atomic E-state index is 0.109. The Morgan fingerprint density at radius 3 is 2.56 bits per heavy atom. The molecule has 0 radical (unpaired) electrons. The van der Waals surface area contributed by atoms with Crippen molar-refractivity contribution in [2.45, 2.75) is 64.3 Å². The van der Waals surface area contributed by atoms with E-state index in [2.05, 4.69) is 20.8 Å². The summed E-state index contributed by atoms with van der Waals surface area (Å²) in [5.41, 5.74) is -0.317. The number of rotatable bonds is 1. The largest absolute Gasteiger partial charge is 0.393 e. The summed E-state index contributed by atoms with van der Waals surface area (Å²) in [6.07, 6.45) is 4.86. The van der Waals surface area contributed by atoms with Crippen molar-refractivity contribution < 1.29 is 14.9 Å². The monoisotopic (exact) mass is 252 g/mol. The van der Waals surface area contributed by atoms with Crippen molar-refractivity contribution in [2.75, 3.05) is 6.61 Å².